The number of carbonyl (C=O) groups excluding carboxylic acids is 1. The van der Waals surface area contributed by atoms with E-state index in [4.69, 9.17) is 5.73 Å². The first kappa shape index (κ1) is 22.0. The average molecular weight is 429 g/mol. The van der Waals surface area contributed by atoms with Crippen LogP contribution in [0.2, 0.25) is 0 Å². The largest absolute Gasteiger partial charge is 0.349 e. The molecule has 158 valence electrons. The topological polar surface area (TPSA) is 72.9 Å². The minimum atomic E-state index is -0.312. The van der Waals surface area contributed by atoms with Crippen molar-refractivity contribution >= 4 is 18.3 Å². The molecule has 7 heteroatoms. The number of benzene rings is 2. The van der Waals surface area contributed by atoms with Gasteiger partial charge in [-0.05, 0) is 56.9 Å². The summed E-state index contributed by atoms with van der Waals surface area (Å²) >= 11 is 0. The van der Waals surface area contributed by atoms with Crippen LogP contribution < -0.4 is 11.1 Å². The zero-order valence-electron chi connectivity index (χ0n) is 16.8. The summed E-state index contributed by atoms with van der Waals surface area (Å²) in [6.45, 7) is 2.02. The maximum absolute atomic E-state index is 13.3. The molecule has 0 aliphatic heterocycles. The number of carbonyl (C=O) groups is 1. The fourth-order valence-corrected chi connectivity index (χ4v) is 3.72. The summed E-state index contributed by atoms with van der Waals surface area (Å²) in [4.78, 5) is 13.1. The van der Waals surface area contributed by atoms with Crippen LogP contribution in [0.25, 0.3) is 16.9 Å². The van der Waals surface area contributed by atoms with Crippen molar-refractivity contribution < 1.29 is 9.18 Å². The van der Waals surface area contributed by atoms with Gasteiger partial charge in [-0.15, -0.1) is 12.4 Å². The van der Waals surface area contributed by atoms with Gasteiger partial charge >= 0.3 is 0 Å². The lowest BCUT2D eigenvalue weighted by Gasteiger charge is -2.26. The van der Waals surface area contributed by atoms with Gasteiger partial charge < -0.3 is 11.1 Å². The van der Waals surface area contributed by atoms with E-state index in [1.165, 1.54) is 12.1 Å². The number of rotatable bonds is 4. The molecule has 0 radical (unpaired) electrons. The SMILES string of the molecule is Cc1ccc(-c2nn(-c3ccc(F)cc3)cc2C(=O)NC2CCC(N)CC2)cc1.Cl. The molecule has 0 spiro atoms. The molecule has 1 heterocycles. The van der Waals surface area contributed by atoms with Crippen LogP contribution in [0.3, 0.4) is 0 Å². The molecule has 2 aromatic carbocycles. The lowest BCUT2D eigenvalue weighted by Crippen LogP contribution is -2.40. The summed E-state index contributed by atoms with van der Waals surface area (Å²) in [6, 6.07) is 14.3. The van der Waals surface area contributed by atoms with Crippen LogP contribution in [-0.2, 0) is 0 Å². The van der Waals surface area contributed by atoms with Crippen molar-refractivity contribution in [2.75, 3.05) is 0 Å². The number of nitrogens with zero attached hydrogens (tertiary/aromatic N) is 2. The van der Waals surface area contributed by atoms with Crippen LogP contribution in [0, 0.1) is 12.7 Å². The number of halogens is 2. The van der Waals surface area contributed by atoms with Crippen LogP contribution >= 0.6 is 12.4 Å². The summed E-state index contributed by atoms with van der Waals surface area (Å²) in [5, 5.41) is 7.79. The van der Waals surface area contributed by atoms with Crippen molar-refractivity contribution in [3.05, 3.63) is 71.7 Å². The third-order valence-corrected chi connectivity index (χ3v) is 5.48. The van der Waals surface area contributed by atoms with Gasteiger partial charge in [-0.3, -0.25) is 4.79 Å². The normalized spacial score (nSPS) is 18.5. The lowest BCUT2D eigenvalue weighted by atomic mass is 9.91. The first-order valence-corrected chi connectivity index (χ1v) is 9.98. The molecule has 5 nitrogen and oxygen atoms in total. The predicted octanol–water partition coefficient (Wildman–Crippen LogP) is 4.41. The van der Waals surface area contributed by atoms with Gasteiger partial charge in [-0.25, -0.2) is 9.07 Å². The van der Waals surface area contributed by atoms with E-state index in [9.17, 15) is 9.18 Å². The molecule has 1 fully saturated rings. The highest BCUT2D eigenvalue weighted by molar-refractivity contribution is 6.00. The van der Waals surface area contributed by atoms with E-state index < -0.39 is 0 Å². The first-order valence-electron chi connectivity index (χ1n) is 9.98. The minimum Gasteiger partial charge on any atom is -0.349 e. The van der Waals surface area contributed by atoms with Gasteiger partial charge in [0.05, 0.1) is 11.3 Å². The van der Waals surface area contributed by atoms with Crippen LogP contribution in [0.15, 0.2) is 54.7 Å². The highest BCUT2D eigenvalue weighted by Crippen LogP contribution is 2.25. The molecular weight excluding hydrogens is 403 g/mol. The second-order valence-electron chi connectivity index (χ2n) is 7.76. The van der Waals surface area contributed by atoms with Gasteiger partial charge in [-0.2, -0.15) is 5.10 Å². The third-order valence-electron chi connectivity index (χ3n) is 5.48. The third kappa shape index (κ3) is 4.89. The van der Waals surface area contributed by atoms with Crippen molar-refractivity contribution in [2.45, 2.75) is 44.7 Å². The Morgan fingerprint density at radius 2 is 1.70 bits per heavy atom. The number of hydrogen-bond acceptors (Lipinski definition) is 3. The summed E-state index contributed by atoms with van der Waals surface area (Å²) in [7, 11) is 0. The molecule has 1 aliphatic carbocycles. The molecule has 1 aliphatic rings. The second-order valence-corrected chi connectivity index (χ2v) is 7.76. The van der Waals surface area contributed by atoms with E-state index in [0.29, 0.717) is 16.9 Å². The minimum absolute atomic E-state index is 0. The fourth-order valence-electron chi connectivity index (χ4n) is 3.72. The second kappa shape index (κ2) is 9.41. The van der Waals surface area contributed by atoms with Crippen LogP contribution in [-0.4, -0.2) is 27.8 Å². The molecule has 4 rings (SSSR count). The molecule has 1 amide bonds. The highest BCUT2D eigenvalue weighted by atomic mass is 35.5. The standard InChI is InChI=1S/C23H25FN4O.ClH/c1-15-2-4-16(5-3-15)22-21(23(29)26-19-10-8-18(25)9-11-19)14-28(27-22)20-12-6-17(24)7-13-20;/h2-7,12-14,18-19H,8-11,25H2,1H3,(H,26,29);1H. The Labute approximate surface area is 181 Å². The van der Waals surface area contributed by atoms with E-state index in [2.05, 4.69) is 10.4 Å². The molecule has 0 saturated heterocycles. The molecule has 3 aromatic rings. The zero-order chi connectivity index (χ0) is 20.4. The molecule has 0 bridgehead atoms. The molecule has 30 heavy (non-hydrogen) atoms. The first-order chi connectivity index (χ1) is 14.0. The number of nitrogens with two attached hydrogens (primary N) is 1. The van der Waals surface area contributed by atoms with E-state index in [0.717, 1.165) is 36.8 Å². The van der Waals surface area contributed by atoms with E-state index in [1.807, 2.05) is 31.2 Å². The monoisotopic (exact) mass is 428 g/mol. The smallest absolute Gasteiger partial charge is 0.255 e. The number of aromatic nitrogens is 2. The van der Waals surface area contributed by atoms with E-state index in [-0.39, 0.29) is 36.2 Å². The Bertz CT molecular complexity index is 993. The van der Waals surface area contributed by atoms with Crippen molar-refractivity contribution in [3.8, 4) is 16.9 Å². The summed E-state index contributed by atoms with van der Waals surface area (Å²) in [5.41, 5.74) is 9.79. The number of amides is 1. The molecule has 0 unspecified atom stereocenters. The highest BCUT2D eigenvalue weighted by Gasteiger charge is 2.24. The van der Waals surface area contributed by atoms with Gasteiger partial charge in [-0.1, -0.05) is 29.8 Å². The van der Waals surface area contributed by atoms with Gasteiger partial charge in [0.15, 0.2) is 0 Å². The van der Waals surface area contributed by atoms with Crippen molar-refractivity contribution in [1.29, 1.82) is 0 Å². The van der Waals surface area contributed by atoms with Crippen LogP contribution in [0.5, 0.6) is 0 Å². The molecule has 3 N–H and O–H groups in total. The Hall–Kier alpha value is -2.70. The van der Waals surface area contributed by atoms with Crippen molar-refractivity contribution in [2.24, 2.45) is 5.73 Å². The van der Waals surface area contributed by atoms with Crippen molar-refractivity contribution in [3.63, 3.8) is 0 Å². The van der Waals surface area contributed by atoms with Crippen molar-refractivity contribution in [1.82, 2.24) is 15.1 Å². The van der Waals surface area contributed by atoms with Crippen LogP contribution in [0.1, 0.15) is 41.6 Å². The molecule has 0 atom stereocenters. The number of aryl methyl sites for hydroxylation is 1. The quantitative estimate of drug-likeness (QED) is 0.646. The Balaban J connectivity index is 0.00000256. The number of nitrogens with one attached hydrogen (secondary N) is 1. The van der Waals surface area contributed by atoms with Gasteiger partial charge in [0.1, 0.15) is 11.5 Å². The number of hydrogen-bond donors (Lipinski definition) is 2. The maximum atomic E-state index is 13.3. The lowest BCUT2D eigenvalue weighted by molar-refractivity contribution is 0.0926. The molecule has 1 aromatic heterocycles. The van der Waals surface area contributed by atoms with E-state index in [1.54, 1.807) is 23.0 Å². The van der Waals surface area contributed by atoms with Gasteiger partial charge in [0.25, 0.3) is 5.91 Å². The Morgan fingerprint density at radius 1 is 1.07 bits per heavy atom. The Morgan fingerprint density at radius 3 is 2.33 bits per heavy atom. The van der Waals surface area contributed by atoms with Gasteiger partial charge in [0, 0.05) is 23.8 Å². The zero-order valence-corrected chi connectivity index (χ0v) is 17.7. The average Bonchev–Trinajstić information content (AvgIpc) is 3.16. The Kier molecular flexibility index (Phi) is 6.90. The predicted molar refractivity (Wildman–Crippen MR) is 119 cm³/mol. The fraction of sp³-hybridized carbons (Fsp3) is 0.304. The molecule has 1 saturated carbocycles. The maximum Gasteiger partial charge on any atom is 0.255 e. The summed E-state index contributed by atoms with van der Waals surface area (Å²) in [6.07, 6.45) is 5.33. The summed E-state index contributed by atoms with van der Waals surface area (Å²) in [5.74, 6) is -0.456. The van der Waals surface area contributed by atoms with Crippen LogP contribution in [0.4, 0.5) is 4.39 Å². The summed E-state index contributed by atoms with van der Waals surface area (Å²) < 4.78 is 14.9. The molecular formula is C23H26ClFN4O. The van der Waals surface area contributed by atoms with Gasteiger partial charge in [0.2, 0.25) is 0 Å². The van der Waals surface area contributed by atoms with E-state index >= 15 is 0 Å².